The number of thiazole rings is 1. The Hall–Kier alpha value is -4.00. The standard InChI is InChI=1S/C35H37FN2O7S/c36-26-10-8-24(9-11-26)30(41)15-14-28-32(25-6-1-23(2-7-25)17-18-35(45,20-39)21-40)38(33(28)42)27-12-3-22(4-13-27)5-16-31-37-29(19-46-31)34(43)44/h1-4,6-13,19,28,30,32,39-41,45H,5,14-18,20-21H2,(H,43,44)/t28-,30+,32-/m1/s1. The number of carbonyl (C=O) groups excluding carboxylic acids is 1. The number of benzene rings is 3. The Labute approximate surface area is 270 Å². The van der Waals surface area contributed by atoms with E-state index in [1.807, 2.05) is 48.5 Å². The first-order chi connectivity index (χ1) is 22.1. The van der Waals surface area contributed by atoms with Gasteiger partial charge in [-0.1, -0.05) is 48.5 Å². The molecule has 0 radical (unpaired) electrons. The van der Waals surface area contributed by atoms with E-state index in [2.05, 4.69) is 4.98 Å². The van der Waals surface area contributed by atoms with Crippen LogP contribution in [-0.2, 0) is 24.1 Å². The van der Waals surface area contributed by atoms with Crippen molar-refractivity contribution in [1.82, 2.24) is 4.98 Å². The number of aryl methyl sites for hydroxylation is 3. The molecule has 0 aliphatic carbocycles. The zero-order chi connectivity index (χ0) is 32.8. The topological polar surface area (TPSA) is 151 Å². The van der Waals surface area contributed by atoms with Crippen LogP contribution in [0, 0.1) is 11.7 Å². The zero-order valence-corrected chi connectivity index (χ0v) is 25.9. The number of anilines is 1. The lowest BCUT2D eigenvalue weighted by Gasteiger charge is -2.48. The molecule has 9 nitrogen and oxygen atoms in total. The van der Waals surface area contributed by atoms with E-state index in [-0.39, 0.29) is 35.8 Å². The van der Waals surface area contributed by atoms with Crippen molar-refractivity contribution in [2.24, 2.45) is 5.92 Å². The molecule has 3 aromatic carbocycles. The highest BCUT2D eigenvalue weighted by atomic mass is 32.1. The van der Waals surface area contributed by atoms with Crippen molar-refractivity contribution < 1.29 is 39.5 Å². The number of aliphatic hydroxyl groups excluding tert-OH is 3. The molecule has 11 heteroatoms. The number of carboxylic acids is 1. The van der Waals surface area contributed by atoms with Crippen molar-refractivity contribution in [3.63, 3.8) is 0 Å². The average Bonchev–Trinajstić information content (AvgIpc) is 3.56. The van der Waals surface area contributed by atoms with Crippen LogP contribution >= 0.6 is 11.3 Å². The van der Waals surface area contributed by atoms with E-state index in [0.717, 1.165) is 27.4 Å². The van der Waals surface area contributed by atoms with Crippen LogP contribution < -0.4 is 4.90 Å². The minimum absolute atomic E-state index is 0.0438. The molecule has 2 heterocycles. The number of aromatic nitrogens is 1. The van der Waals surface area contributed by atoms with Crippen molar-refractivity contribution in [2.45, 2.75) is 56.3 Å². The molecule has 1 aliphatic rings. The minimum Gasteiger partial charge on any atom is -0.476 e. The molecule has 0 unspecified atom stereocenters. The number of hydrogen-bond acceptors (Lipinski definition) is 8. The highest BCUT2D eigenvalue weighted by Gasteiger charge is 2.48. The second-order valence-electron chi connectivity index (χ2n) is 11.8. The molecule has 0 saturated carbocycles. The minimum atomic E-state index is -1.56. The number of halogens is 1. The van der Waals surface area contributed by atoms with Crippen LogP contribution in [0.1, 0.15) is 69.2 Å². The number of aromatic carboxylic acids is 1. The molecular weight excluding hydrogens is 611 g/mol. The number of carbonyl (C=O) groups is 2. The Morgan fingerprint density at radius 1 is 0.935 bits per heavy atom. The van der Waals surface area contributed by atoms with E-state index < -0.39 is 30.9 Å². The lowest BCUT2D eigenvalue weighted by Crippen LogP contribution is -2.55. The molecule has 4 aromatic rings. The fraction of sp³-hybridized carbons (Fsp3) is 0.343. The van der Waals surface area contributed by atoms with Gasteiger partial charge < -0.3 is 30.4 Å². The third-order valence-corrected chi connectivity index (χ3v) is 9.53. The second-order valence-corrected chi connectivity index (χ2v) is 12.7. The molecule has 1 amide bonds. The van der Waals surface area contributed by atoms with Crippen LogP contribution in [0.3, 0.4) is 0 Å². The van der Waals surface area contributed by atoms with Crippen molar-refractivity contribution in [1.29, 1.82) is 0 Å². The highest BCUT2D eigenvalue weighted by molar-refractivity contribution is 7.09. The Balaban J connectivity index is 1.31. The maximum absolute atomic E-state index is 13.6. The van der Waals surface area contributed by atoms with Crippen molar-refractivity contribution >= 4 is 28.9 Å². The van der Waals surface area contributed by atoms with Crippen LogP contribution in [0.5, 0.6) is 0 Å². The van der Waals surface area contributed by atoms with Crippen LogP contribution in [0.15, 0.2) is 78.2 Å². The number of amides is 1. The number of carboxylic acid groups (broad SMARTS) is 1. The van der Waals surface area contributed by atoms with Gasteiger partial charge in [0.1, 0.15) is 11.4 Å². The van der Waals surface area contributed by atoms with Gasteiger partial charge in [-0.15, -0.1) is 11.3 Å². The first kappa shape index (κ1) is 33.4. The second kappa shape index (κ2) is 14.6. The first-order valence-electron chi connectivity index (χ1n) is 15.2. The Morgan fingerprint density at radius 2 is 1.57 bits per heavy atom. The molecule has 242 valence electrons. The predicted octanol–water partition coefficient (Wildman–Crippen LogP) is 4.63. The molecule has 1 fully saturated rings. The maximum atomic E-state index is 13.6. The van der Waals surface area contributed by atoms with E-state index in [1.165, 1.54) is 28.8 Å². The summed E-state index contributed by atoms with van der Waals surface area (Å²) in [6.07, 6.45) is 1.80. The predicted molar refractivity (Wildman–Crippen MR) is 171 cm³/mol. The van der Waals surface area contributed by atoms with Crippen LogP contribution in [-0.4, -0.2) is 61.2 Å². The molecule has 1 aromatic heterocycles. The van der Waals surface area contributed by atoms with E-state index in [4.69, 9.17) is 5.11 Å². The number of rotatable bonds is 15. The fourth-order valence-electron chi connectivity index (χ4n) is 5.75. The van der Waals surface area contributed by atoms with Gasteiger partial charge in [0, 0.05) is 17.5 Å². The monoisotopic (exact) mass is 648 g/mol. The molecule has 3 atom stereocenters. The third-order valence-electron chi connectivity index (χ3n) is 8.62. The molecule has 0 spiro atoms. The van der Waals surface area contributed by atoms with E-state index in [0.29, 0.717) is 37.7 Å². The number of nitrogens with zero attached hydrogens (tertiary/aromatic N) is 2. The summed E-state index contributed by atoms with van der Waals surface area (Å²) < 4.78 is 13.4. The quantitative estimate of drug-likeness (QED) is 0.117. The van der Waals surface area contributed by atoms with Crippen molar-refractivity contribution in [3.8, 4) is 0 Å². The molecule has 46 heavy (non-hydrogen) atoms. The summed E-state index contributed by atoms with van der Waals surface area (Å²) >= 11 is 1.32. The van der Waals surface area contributed by atoms with Crippen LogP contribution in [0.25, 0.3) is 0 Å². The zero-order valence-electron chi connectivity index (χ0n) is 25.1. The molecule has 1 saturated heterocycles. The van der Waals surface area contributed by atoms with Gasteiger partial charge in [0.2, 0.25) is 5.91 Å². The van der Waals surface area contributed by atoms with Crippen LogP contribution in [0.4, 0.5) is 10.1 Å². The summed E-state index contributed by atoms with van der Waals surface area (Å²) in [4.78, 5) is 30.6. The van der Waals surface area contributed by atoms with Crippen molar-refractivity contribution in [3.05, 3.63) is 117 Å². The van der Waals surface area contributed by atoms with E-state index in [9.17, 15) is 34.4 Å². The normalized spacial score (nSPS) is 17.2. The highest BCUT2D eigenvalue weighted by Crippen LogP contribution is 2.46. The third kappa shape index (κ3) is 7.68. The SMILES string of the molecule is O=C(O)c1csc(CCc2ccc(N3C(=O)[C@H](CC[C@H](O)c4ccc(F)cc4)[C@H]3c3ccc(CCC(O)(CO)CO)cc3)cc2)n1. The summed E-state index contributed by atoms with van der Waals surface area (Å²) in [6, 6.07) is 20.8. The summed E-state index contributed by atoms with van der Waals surface area (Å²) in [5, 5.41) is 51.2. The molecule has 1 aliphatic heterocycles. The lowest BCUT2D eigenvalue weighted by molar-refractivity contribution is -0.131. The Bertz CT molecular complexity index is 1620. The van der Waals surface area contributed by atoms with Gasteiger partial charge in [0.05, 0.1) is 36.3 Å². The average molecular weight is 649 g/mol. The van der Waals surface area contributed by atoms with Crippen molar-refractivity contribution in [2.75, 3.05) is 18.1 Å². The largest absolute Gasteiger partial charge is 0.476 e. The summed E-state index contributed by atoms with van der Waals surface area (Å²) in [5.74, 6) is -1.88. The smallest absolute Gasteiger partial charge is 0.355 e. The van der Waals surface area contributed by atoms with Crippen LogP contribution in [0.2, 0.25) is 0 Å². The Kier molecular flexibility index (Phi) is 10.6. The number of hydrogen-bond donors (Lipinski definition) is 5. The number of β-lactam (4-membered cyclic amide) rings is 1. The van der Waals surface area contributed by atoms with Gasteiger partial charge >= 0.3 is 5.97 Å². The Morgan fingerprint density at radius 3 is 2.17 bits per heavy atom. The van der Waals surface area contributed by atoms with E-state index >= 15 is 0 Å². The maximum Gasteiger partial charge on any atom is 0.355 e. The molecule has 5 N–H and O–H groups in total. The molecular formula is C35H37FN2O7S. The molecule has 0 bridgehead atoms. The molecule has 5 rings (SSSR count). The summed E-state index contributed by atoms with van der Waals surface area (Å²) in [6.45, 7) is -1.08. The van der Waals surface area contributed by atoms with Gasteiger partial charge in [-0.3, -0.25) is 4.79 Å². The van der Waals surface area contributed by atoms with Gasteiger partial charge in [-0.2, -0.15) is 0 Å². The van der Waals surface area contributed by atoms with Gasteiger partial charge in [-0.25, -0.2) is 14.2 Å². The van der Waals surface area contributed by atoms with Gasteiger partial charge in [0.15, 0.2) is 5.69 Å². The summed E-state index contributed by atoms with van der Waals surface area (Å²) in [5.41, 5.74) is 2.65. The lowest BCUT2D eigenvalue weighted by atomic mass is 9.78. The number of aliphatic hydroxyl groups is 4. The fourth-order valence-corrected chi connectivity index (χ4v) is 6.53. The summed E-state index contributed by atoms with van der Waals surface area (Å²) in [7, 11) is 0. The first-order valence-corrected chi connectivity index (χ1v) is 16.0. The van der Waals surface area contributed by atoms with E-state index in [1.54, 1.807) is 17.0 Å². The van der Waals surface area contributed by atoms with Gasteiger partial charge in [-0.05, 0) is 78.6 Å². The van der Waals surface area contributed by atoms with Gasteiger partial charge in [0.25, 0.3) is 0 Å².